The minimum absolute atomic E-state index is 0.134. The number of nitrogens with zero attached hydrogens (tertiary/aromatic N) is 2. The number of benzene rings is 1. The van der Waals surface area contributed by atoms with E-state index in [9.17, 15) is 0 Å². The highest BCUT2D eigenvalue weighted by molar-refractivity contribution is 5.79. The highest BCUT2D eigenvalue weighted by atomic mass is 16.5. The molecule has 0 bridgehead atoms. The predicted molar refractivity (Wildman–Crippen MR) is 84.1 cm³/mol. The van der Waals surface area contributed by atoms with E-state index in [1.165, 1.54) is 0 Å². The van der Waals surface area contributed by atoms with Gasteiger partial charge in [-0.25, -0.2) is 0 Å². The van der Waals surface area contributed by atoms with Crippen LogP contribution in [0.15, 0.2) is 28.9 Å². The van der Waals surface area contributed by atoms with Gasteiger partial charge in [-0.2, -0.15) is 0 Å². The van der Waals surface area contributed by atoms with E-state index >= 15 is 0 Å². The fourth-order valence-electron chi connectivity index (χ4n) is 2.84. The minimum atomic E-state index is 0.134. The molecule has 1 aromatic carbocycles. The summed E-state index contributed by atoms with van der Waals surface area (Å²) in [5.74, 6) is 1.66. The van der Waals surface area contributed by atoms with Crippen molar-refractivity contribution in [1.29, 1.82) is 0 Å². The molecule has 3 rings (SSSR count). The molecule has 118 valence electrons. The second kappa shape index (κ2) is 6.27. The second-order valence-electron chi connectivity index (χ2n) is 5.59. The number of likely N-dealkylation sites (N-methyl/N-ethyl adjacent to an activating group) is 1. The van der Waals surface area contributed by atoms with Gasteiger partial charge in [0.05, 0.1) is 18.9 Å². The summed E-state index contributed by atoms with van der Waals surface area (Å²) in [6.07, 6.45) is 3.89. The van der Waals surface area contributed by atoms with Crippen LogP contribution in [0, 0.1) is 0 Å². The first-order chi connectivity index (χ1) is 10.7. The van der Waals surface area contributed by atoms with E-state index in [0.29, 0.717) is 11.5 Å². The van der Waals surface area contributed by atoms with E-state index in [0.717, 1.165) is 37.1 Å². The number of aromatic nitrogens is 1. The highest BCUT2D eigenvalue weighted by Gasteiger charge is 2.23. The molecule has 0 saturated carbocycles. The summed E-state index contributed by atoms with van der Waals surface area (Å²) in [6.45, 7) is 2.01. The third kappa shape index (κ3) is 2.87. The summed E-state index contributed by atoms with van der Waals surface area (Å²) in [5, 5.41) is 3.75. The second-order valence-corrected chi connectivity index (χ2v) is 5.59. The van der Waals surface area contributed by atoms with Gasteiger partial charge in [-0.1, -0.05) is 17.3 Å². The fraction of sp³-hybridized carbons (Fsp3) is 0.438. The lowest BCUT2D eigenvalue weighted by molar-refractivity contribution is 0.102. The van der Waals surface area contributed by atoms with Crippen LogP contribution in [0.3, 0.4) is 0 Å². The predicted octanol–water partition coefficient (Wildman–Crippen LogP) is 2.41. The Morgan fingerprint density at radius 3 is 2.91 bits per heavy atom. The smallest absolute Gasteiger partial charge is 0.230 e. The Balaban J connectivity index is 1.96. The molecule has 1 unspecified atom stereocenters. The standard InChI is InChI=1S/C16H21N3O3/c1-19-8-4-5-11(10-19)21-15-12(6-3-7-14(15)20-2)13-9-18-22-16(13)17/h3,6-7,9,11H,4-5,8,10,17H2,1-2H3. The van der Waals surface area contributed by atoms with Crippen molar-refractivity contribution >= 4 is 5.88 Å². The quantitative estimate of drug-likeness (QED) is 0.935. The van der Waals surface area contributed by atoms with Crippen molar-refractivity contribution in [3.05, 3.63) is 24.4 Å². The molecular weight excluding hydrogens is 282 g/mol. The zero-order valence-electron chi connectivity index (χ0n) is 12.9. The first-order valence-corrected chi connectivity index (χ1v) is 7.41. The maximum atomic E-state index is 6.27. The van der Waals surface area contributed by atoms with Crippen LogP contribution in [0.5, 0.6) is 11.5 Å². The van der Waals surface area contributed by atoms with E-state index < -0.39 is 0 Å². The lowest BCUT2D eigenvalue weighted by Crippen LogP contribution is -2.38. The maximum Gasteiger partial charge on any atom is 0.230 e. The van der Waals surface area contributed by atoms with Gasteiger partial charge < -0.3 is 24.6 Å². The molecule has 1 atom stereocenters. The third-order valence-electron chi connectivity index (χ3n) is 3.95. The van der Waals surface area contributed by atoms with Gasteiger partial charge in [0.2, 0.25) is 5.88 Å². The van der Waals surface area contributed by atoms with Crippen molar-refractivity contribution in [1.82, 2.24) is 10.1 Å². The molecule has 22 heavy (non-hydrogen) atoms. The van der Waals surface area contributed by atoms with Crippen LogP contribution in [-0.4, -0.2) is 43.4 Å². The number of ether oxygens (including phenoxy) is 2. The monoisotopic (exact) mass is 303 g/mol. The molecule has 1 fully saturated rings. The zero-order chi connectivity index (χ0) is 15.5. The van der Waals surface area contributed by atoms with Crippen LogP contribution in [0.4, 0.5) is 5.88 Å². The number of anilines is 1. The number of rotatable bonds is 4. The number of methoxy groups -OCH3 is 1. The number of nitrogen functional groups attached to an aromatic ring is 1. The van der Waals surface area contributed by atoms with Crippen LogP contribution in [0.1, 0.15) is 12.8 Å². The Labute approximate surface area is 129 Å². The molecule has 0 spiro atoms. The van der Waals surface area contributed by atoms with Crippen LogP contribution in [0.2, 0.25) is 0 Å². The number of likely N-dealkylation sites (tertiary alicyclic amines) is 1. The van der Waals surface area contributed by atoms with E-state index in [-0.39, 0.29) is 12.0 Å². The van der Waals surface area contributed by atoms with E-state index in [1.54, 1.807) is 13.3 Å². The molecule has 0 radical (unpaired) electrons. The normalized spacial score (nSPS) is 19.1. The van der Waals surface area contributed by atoms with Gasteiger partial charge in [0.1, 0.15) is 6.10 Å². The maximum absolute atomic E-state index is 6.27. The van der Waals surface area contributed by atoms with Gasteiger partial charge in [0, 0.05) is 12.1 Å². The van der Waals surface area contributed by atoms with Gasteiger partial charge in [-0.15, -0.1) is 0 Å². The lowest BCUT2D eigenvalue weighted by Gasteiger charge is -2.31. The molecule has 2 aromatic rings. The molecule has 1 aliphatic rings. The summed E-state index contributed by atoms with van der Waals surface area (Å²) < 4.78 is 16.7. The molecule has 0 amide bonds. The van der Waals surface area contributed by atoms with E-state index in [2.05, 4.69) is 17.1 Å². The lowest BCUT2D eigenvalue weighted by atomic mass is 10.1. The number of hydrogen-bond acceptors (Lipinski definition) is 6. The molecule has 1 aliphatic heterocycles. The number of piperidine rings is 1. The minimum Gasteiger partial charge on any atom is -0.493 e. The van der Waals surface area contributed by atoms with Crippen molar-refractivity contribution in [2.45, 2.75) is 18.9 Å². The van der Waals surface area contributed by atoms with Crippen LogP contribution >= 0.6 is 0 Å². The first-order valence-electron chi connectivity index (χ1n) is 7.41. The molecular formula is C16H21N3O3. The first kappa shape index (κ1) is 14.7. The summed E-state index contributed by atoms with van der Waals surface area (Å²) >= 11 is 0. The van der Waals surface area contributed by atoms with Gasteiger partial charge in [0.25, 0.3) is 0 Å². The summed E-state index contributed by atoms with van der Waals surface area (Å²) in [5.41, 5.74) is 7.41. The zero-order valence-corrected chi connectivity index (χ0v) is 12.9. The Morgan fingerprint density at radius 2 is 2.23 bits per heavy atom. The molecule has 6 nitrogen and oxygen atoms in total. The average Bonchev–Trinajstić information content (AvgIpc) is 2.93. The SMILES string of the molecule is COc1cccc(-c2cnoc2N)c1OC1CCCN(C)C1. The number of para-hydroxylation sites is 1. The Bertz CT molecular complexity index is 641. The van der Waals surface area contributed by atoms with Crippen LogP contribution < -0.4 is 15.2 Å². The molecule has 1 saturated heterocycles. The van der Waals surface area contributed by atoms with Gasteiger partial charge >= 0.3 is 0 Å². The Hall–Kier alpha value is -2.21. The van der Waals surface area contributed by atoms with E-state index in [4.69, 9.17) is 19.7 Å². The van der Waals surface area contributed by atoms with E-state index in [1.807, 2.05) is 18.2 Å². The number of nitrogens with two attached hydrogens (primary N) is 1. The Kier molecular flexibility index (Phi) is 4.20. The third-order valence-corrected chi connectivity index (χ3v) is 3.95. The number of hydrogen-bond donors (Lipinski definition) is 1. The summed E-state index contributed by atoms with van der Waals surface area (Å²) in [6, 6.07) is 5.73. The topological polar surface area (TPSA) is 73.8 Å². The molecule has 2 N–H and O–H groups in total. The molecule has 2 heterocycles. The molecule has 6 heteroatoms. The fourth-order valence-corrected chi connectivity index (χ4v) is 2.84. The van der Waals surface area contributed by atoms with Gasteiger partial charge in [-0.3, -0.25) is 0 Å². The highest BCUT2D eigenvalue weighted by Crippen LogP contribution is 2.41. The van der Waals surface area contributed by atoms with Crippen molar-refractivity contribution in [3.63, 3.8) is 0 Å². The van der Waals surface area contributed by atoms with Crippen molar-refractivity contribution < 1.29 is 14.0 Å². The summed E-state index contributed by atoms with van der Waals surface area (Å²) in [7, 11) is 3.74. The van der Waals surface area contributed by atoms with Gasteiger partial charge in [0.15, 0.2) is 11.5 Å². The molecule has 0 aliphatic carbocycles. The van der Waals surface area contributed by atoms with Crippen LogP contribution in [0.25, 0.3) is 11.1 Å². The van der Waals surface area contributed by atoms with Gasteiger partial charge in [-0.05, 0) is 32.5 Å². The van der Waals surface area contributed by atoms with Crippen molar-refractivity contribution in [2.24, 2.45) is 0 Å². The van der Waals surface area contributed by atoms with Crippen molar-refractivity contribution in [2.75, 3.05) is 33.0 Å². The molecule has 1 aromatic heterocycles. The summed E-state index contributed by atoms with van der Waals surface area (Å²) in [4.78, 5) is 2.27. The van der Waals surface area contributed by atoms with Crippen LogP contribution in [-0.2, 0) is 0 Å². The Morgan fingerprint density at radius 1 is 1.36 bits per heavy atom. The largest absolute Gasteiger partial charge is 0.493 e. The van der Waals surface area contributed by atoms with Crippen molar-refractivity contribution in [3.8, 4) is 22.6 Å². The average molecular weight is 303 g/mol.